The molecule has 0 saturated heterocycles. The lowest BCUT2D eigenvalue weighted by molar-refractivity contribution is 0.0943. The number of nitrogens with zero attached hydrogens (tertiary/aromatic N) is 1. The van der Waals surface area contributed by atoms with Gasteiger partial charge in [-0.25, -0.2) is 4.98 Å². The van der Waals surface area contributed by atoms with Crippen LogP contribution in [0.25, 0.3) is 0 Å². The minimum absolute atomic E-state index is 0.0512. The molecule has 0 fully saturated rings. The molecule has 5 heteroatoms. The molecular formula is C15H15N3O2. The van der Waals surface area contributed by atoms with Gasteiger partial charge in [-0.2, -0.15) is 0 Å². The summed E-state index contributed by atoms with van der Waals surface area (Å²) in [5, 5.41) is 15.6. The van der Waals surface area contributed by atoms with Crippen LogP contribution in [0.15, 0.2) is 36.5 Å². The molecule has 0 aliphatic carbocycles. The van der Waals surface area contributed by atoms with E-state index in [0.29, 0.717) is 6.54 Å². The van der Waals surface area contributed by atoms with Crippen molar-refractivity contribution in [1.82, 2.24) is 15.6 Å². The van der Waals surface area contributed by atoms with E-state index < -0.39 is 0 Å². The molecule has 1 aromatic carbocycles. The fourth-order valence-electron chi connectivity index (χ4n) is 2.30. The monoisotopic (exact) mass is 269 g/mol. The van der Waals surface area contributed by atoms with Gasteiger partial charge in [0.15, 0.2) is 5.69 Å². The molecule has 3 rings (SSSR count). The first-order valence-electron chi connectivity index (χ1n) is 6.47. The summed E-state index contributed by atoms with van der Waals surface area (Å²) in [6.45, 7) is 2.20. The molecular weight excluding hydrogens is 254 g/mol. The fourth-order valence-corrected chi connectivity index (χ4v) is 2.30. The summed E-state index contributed by atoms with van der Waals surface area (Å²) in [6.07, 6.45) is 1.48. The number of nitrogens with one attached hydrogen (secondary N) is 2. The summed E-state index contributed by atoms with van der Waals surface area (Å²) in [5.74, 6) is -0.482. The third-order valence-corrected chi connectivity index (χ3v) is 3.36. The van der Waals surface area contributed by atoms with Crippen molar-refractivity contribution in [1.29, 1.82) is 0 Å². The molecule has 5 nitrogen and oxygen atoms in total. The van der Waals surface area contributed by atoms with Crippen LogP contribution in [-0.2, 0) is 19.6 Å². The number of hydrogen-bond acceptors (Lipinski definition) is 4. The Balaban J connectivity index is 1.68. The molecule has 0 saturated carbocycles. The Hall–Kier alpha value is -2.40. The zero-order valence-corrected chi connectivity index (χ0v) is 10.9. The number of aromatic hydroxyl groups is 1. The van der Waals surface area contributed by atoms with Crippen molar-refractivity contribution in [3.63, 3.8) is 0 Å². The van der Waals surface area contributed by atoms with Crippen LogP contribution in [0.1, 0.15) is 27.2 Å². The van der Waals surface area contributed by atoms with Crippen LogP contribution in [0.4, 0.5) is 0 Å². The Morgan fingerprint density at radius 1 is 1.30 bits per heavy atom. The van der Waals surface area contributed by atoms with E-state index in [9.17, 15) is 9.90 Å². The van der Waals surface area contributed by atoms with Crippen molar-refractivity contribution in [3.8, 4) is 5.75 Å². The highest BCUT2D eigenvalue weighted by Crippen LogP contribution is 2.17. The highest BCUT2D eigenvalue weighted by atomic mass is 16.3. The van der Waals surface area contributed by atoms with Gasteiger partial charge in [0.25, 0.3) is 5.91 Å². The minimum atomic E-state index is -0.373. The average molecular weight is 269 g/mol. The molecule has 1 aliphatic rings. The first kappa shape index (κ1) is 12.6. The summed E-state index contributed by atoms with van der Waals surface area (Å²) in [6, 6.07) is 9.20. The first-order chi connectivity index (χ1) is 9.74. The van der Waals surface area contributed by atoms with Gasteiger partial charge < -0.3 is 15.7 Å². The third-order valence-electron chi connectivity index (χ3n) is 3.36. The Kier molecular flexibility index (Phi) is 3.35. The van der Waals surface area contributed by atoms with E-state index in [2.05, 4.69) is 27.8 Å². The van der Waals surface area contributed by atoms with Gasteiger partial charge in [0, 0.05) is 25.8 Å². The van der Waals surface area contributed by atoms with Crippen LogP contribution in [0.2, 0.25) is 0 Å². The number of rotatable bonds is 3. The number of carbonyl (C=O) groups excluding carboxylic acids is 1. The summed E-state index contributed by atoms with van der Waals surface area (Å²) >= 11 is 0. The quantitative estimate of drug-likeness (QED) is 0.785. The molecule has 1 amide bonds. The zero-order chi connectivity index (χ0) is 13.9. The van der Waals surface area contributed by atoms with Gasteiger partial charge in [0.05, 0.1) is 0 Å². The molecule has 2 aromatic rings. The lowest BCUT2D eigenvalue weighted by Crippen LogP contribution is -2.23. The minimum Gasteiger partial charge on any atom is -0.505 e. The van der Waals surface area contributed by atoms with Crippen LogP contribution >= 0.6 is 0 Å². The standard InChI is InChI=1S/C15H15N3O2/c19-13-2-1-5-17-14(13)15(20)18-7-10-3-4-11-8-16-9-12(11)6-10/h1-6,16,19H,7-9H2,(H,18,20). The highest BCUT2D eigenvalue weighted by Gasteiger charge is 2.13. The first-order valence-corrected chi connectivity index (χ1v) is 6.47. The Bertz CT molecular complexity index is 655. The van der Waals surface area contributed by atoms with Gasteiger partial charge in [-0.05, 0) is 28.8 Å². The number of hydrogen-bond donors (Lipinski definition) is 3. The number of aromatic nitrogens is 1. The van der Waals surface area contributed by atoms with Crippen LogP contribution in [0.3, 0.4) is 0 Å². The predicted octanol–water partition coefficient (Wildman–Crippen LogP) is 1.32. The average Bonchev–Trinajstić information content (AvgIpc) is 2.92. The van der Waals surface area contributed by atoms with Crippen molar-refractivity contribution in [3.05, 3.63) is 58.9 Å². The molecule has 102 valence electrons. The van der Waals surface area contributed by atoms with Crippen molar-refractivity contribution < 1.29 is 9.90 Å². The molecule has 0 spiro atoms. The SMILES string of the molecule is O=C(NCc1ccc2c(c1)CNC2)c1ncccc1O. The Morgan fingerprint density at radius 2 is 2.15 bits per heavy atom. The lowest BCUT2D eigenvalue weighted by atomic mass is 10.1. The van der Waals surface area contributed by atoms with E-state index in [0.717, 1.165) is 18.7 Å². The number of benzene rings is 1. The molecule has 0 radical (unpaired) electrons. The van der Waals surface area contributed by atoms with Crippen molar-refractivity contribution in [2.45, 2.75) is 19.6 Å². The Morgan fingerprint density at radius 3 is 3.00 bits per heavy atom. The van der Waals surface area contributed by atoms with E-state index in [1.165, 1.54) is 23.4 Å². The third kappa shape index (κ3) is 2.48. The van der Waals surface area contributed by atoms with Gasteiger partial charge in [-0.3, -0.25) is 4.79 Å². The number of amides is 1. The lowest BCUT2D eigenvalue weighted by Gasteiger charge is -2.07. The van der Waals surface area contributed by atoms with E-state index in [-0.39, 0.29) is 17.4 Å². The van der Waals surface area contributed by atoms with E-state index in [1.807, 2.05) is 6.07 Å². The van der Waals surface area contributed by atoms with Crippen molar-refractivity contribution in [2.75, 3.05) is 0 Å². The maximum atomic E-state index is 11.9. The van der Waals surface area contributed by atoms with Crippen LogP contribution < -0.4 is 10.6 Å². The normalized spacial score (nSPS) is 13.0. The summed E-state index contributed by atoms with van der Waals surface area (Å²) in [5.41, 5.74) is 3.67. The van der Waals surface area contributed by atoms with Gasteiger partial charge in [0.1, 0.15) is 5.75 Å². The van der Waals surface area contributed by atoms with E-state index in [1.54, 1.807) is 6.07 Å². The highest BCUT2D eigenvalue weighted by molar-refractivity contribution is 5.94. The largest absolute Gasteiger partial charge is 0.505 e. The molecule has 0 atom stereocenters. The number of fused-ring (bicyclic) bond motifs is 1. The molecule has 3 N–H and O–H groups in total. The number of pyridine rings is 1. The van der Waals surface area contributed by atoms with E-state index in [4.69, 9.17) is 0 Å². The molecule has 1 aromatic heterocycles. The second-order valence-corrected chi connectivity index (χ2v) is 4.76. The summed E-state index contributed by atoms with van der Waals surface area (Å²) in [4.78, 5) is 15.8. The van der Waals surface area contributed by atoms with E-state index >= 15 is 0 Å². The van der Waals surface area contributed by atoms with Crippen LogP contribution in [0.5, 0.6) is 5.75 Å². The van der Waals surface area contributed by atoms with Crippen LogP contribution in [0, 0.1) is 0 Å². The van der Waals surface area contributed by atoms with Gasteiger partial charge in [0.2, 0.25) is 0 Å². The summed E-state index contributed by atoms with van der Waals surface area (Å²) < 4.78 is 0. The molecule has 20 heavy (non-hydrogen) atoms. The van der Waals surface area contributed by atoms with Crippen molar-refractivity contribution in [2.24, 2.45) is 0 Å². The molecule has 0 unspecified atom stereocenters. The smallest absolute Gasteiger partial charge is 0.273 e. The van der Waals surface area contributed by atoms with Gasteiger partial charge >= 0.3 is 0 Å². The topological polar surface area (TPSA) is 74.2 Å². The number of carbonyl (C=O) groups is 1. The molecule has 2 heterocycles. The molecule has 1 aliphatic heterocycles. The fraction of sp³-hybridized carbons (Fsp3) is 0.200. The predicted molar refractivity (Wildman–Crippen MR) is 74.1 cm³/mol. The van der Waals surface area contributed by atoms with Gasteiger partial charge in [-0.1, -0.05) is 18.2 Å². The second-order valence-electron chi connectivity index (χ2n) is 4.76. The van der Waals surface area contributed by atoms with Crippen molar-refractivity contribution >= 4 is 5.91 Å². The Labute approximate surface area is 116 Å². The molecule has 0 bridgehead atoms. The maximum absolute atomic E-state index is 11.9. The van der Waals surface area contributed by atoms with Crippen LogP contribution in [-0.4, -0.2) is 16.0 Å². The summed E-state index contributed by atoms with van der Waals surface area (Å²) in [7, 11) is 0. The van der Waals surface area contributed by atoms with Gasteiger partial charge in [-0.15, -0.1) is 0 Å². The maximum Gasteiger partial charge on any atom is 0.273 e. The zero-order valence-electron chi connectivity index (χ0n) is 10.9. The second kappa shape index (κ2) is 5.30.